The third kappa shape index (κ3) is 4.22. The van der Waals surface area contributed by atoms with Crippen LogP contribution >= 0.6 is 0 Å². The van der Waals surface area contributed by atoms with Crippen LogP contribution < -0.4 is 10.3 Å². The second kappa shape index (κ2) is 8.35. The largest absolute Gasteiger partial charge is 0.491 e. The van der Waals surface area contributed by atoms with Crippen molar-refractivity contribution in [3.05, 3.63) is 88.6 Å². The number of benzene rings is 2. The molecule has 2 aromatic heterocycles. The van der Waals surface area contributed by atoms with Crippen LogP contribution in [-0.4, -0.2) is 37.1 Å². The van der Waals surface area contributed by atoms with Gasteiger partial charge in [-0.05, 0) is 23.3 Å². The second-order valence-electron chi connectivity index (χ2n) is 8.19. The maximum atomic E-state index is 12.5. The van der Waals surface area contributed by atoms with Crippen LogP contribution in [-0.2, 0) is 19.0 Å². The average molecular weight is 418 g/mol. The average Bonchev–Trinajstić information content (AvgIpc) is 3.16. The lowest BCUT2D eigenvalue weighted by atomic mass is 9.78. The number of aliphatic hydroxyl groups excluding tert-OH is 1. The van der Waals surface area contributed by atoms with Crippen LogP contribution in [0.25, 0.3) is 11.0 Å². The Morgan fingerprint density at radius 3 is 2.45 bits per heavy atom. The van der Waals surface area contributed by atoms with E-state index in [1.165, 1.54) is 28.2 Å². The van der Waals surface area contributed by atoms with Gasteiger partial charge in [-0.3, -0.25) is 14.0 Å². The van der Waals surface area contributed by atoms with Crippen molar-refractivity contribution < 1.29 is 9.84 Å². The molecule has 0 saturated carbocycles. The Kier molecular flexibility index (Phi) is 5.61. The maximum Gasteiger partial charge on any atom is 0.264 e. The highest BCUT2D eigenvalue weighted by Crippen LogP contribution is 2.32. The molecule has 31 heavy (non-hydrogen) atoms. The molecule has 4 rings (SSSR count). The fourth-order valence-electron chi connectivity index (χ4n) is 3.66. The molecule has 0 saturated heterocycles. The molecule has 7 nitrogen and oxygen atoms in total. The molecule has 0 bridgehead atoms. The maximum absolute atomic E-state index is 12.5. The number of aromatic nitrogens is 4. The van der Waals surface area contributed by atoms with E-state index in [0.29, 0.717) is 16.8 Å². The van der Waals surface area contributed by atoms with Crippen molar-refractivity contribution in [3.63, 3.8) is 0 Å². The summed E-state index contributed by atoms with van der Waals surface area (Å²) in [6, 6.07) is 18.2. The molecule has 7 heteroatoms. The number of rotatable bonds is 7. The van der Waals surface area contributed by atoms with Crippen LogP contribution in [0.15, 0.2) is 71.9 Å². The molecular weight excluding hydrogens is 392 g/mol. The number of ether oxygens (including phenoxy) is 1. The first-order valence-electron chi connectivity index (χ1n) is 10.2. The van der Waals surface area contributed by atoms with Crippen LogP contribution in [0.5, 0.6) is 5.75 Å². The van der Waals surface area contributed by atoms with E-state index in [4.69, 9.17) is 4.74 Å². The van der Waals surface area contributed by atoms with Crippen LogP contribution in [0.2, 0.25) is 0 Å². The summed E-state index contributed by atoms with van der Waals surface area (Å²) in [4.78, 5) is 16.8. The lowest BCUT2D eigenvalue weighted by molar-refractivity contribution is 0.0914. The van der Waals surface area contributed by atoms with Crippen LogP contribution in [0, 0.1) is 0 Å². The summed E-state index contributed by atoms with van der Waals surface area (Å²) in [5.74, 6) is 0.667. The van der Waals surface area contributed by atoms with E-state index in [1.807, 2.05) is 42.5 Å². The number of aryl methyl sites for hydroxylation is 1. The molecule has 0 aliphatic heterocycles. The first-order valence-corrected chi connectivity index (χ1v) is 10.2. The van der Waals surface area contributed by atoms with Gasteiger partial charge in [0, 0.05) is 12.5 Å². The molecule has 1 atom stereocenters. The highest BCUT2D eigenvalue weighted by Gasteiger charge is 2.22. The predicted octanol–water partition coefficient (Wildman–Crippen LogP) is 2.90. The molecule has 0 spiro atoms. The minimum atomic E-state index is -0.853. The Hall–Kier alpha value is -3.45. The van der Waals surface area contributed by atoms with E-state index in [1.54, 1.807) is 11.7 Å². The molecule has 1 N–H and O–H groups in total. The minimum absolute atomic E-state index is 0.0684. The Labute approximate surface area is 180 Å². The number of nitrogens with zero attached hydrogens (tertiary/aromatic N) is 4. The zero-order valence-electron chi connectivity index (χ0n) is 17.9. The molecule has 0 aliphatic carbocycles. The van der Waals surface area contributed by atoms with Gasteiger partial charge < -0.3 is 9.84 Å². The van der Waals surface area contributed by atoms with Gasteiger partial charge in [-0.2, -0.15) is 5.10 Å². The minimum Gasteiger partial charge on any atom is -0.491 e. The number of hydrogen-bond donors (Lipinski definition) is 1. The third-order valence-corrected chi connectivity index (χ3v) is 5.64. The van der Waals surface area contributed by atoms with Crippen molar-refractivity contribution in [2.45, 2.75) is 31.9 Å². The molecule has 0 aliphatic rings. The fourth-order valence-corrected chi connectivity index (χ4v) is 3.66. The normalized spacial score (nSPS) is 12.8. The van der Waals surface area contributed by atoms with E-state index in [9.17, 15) is 9.90 Å². The summed E-state index contributed by atoms with van der Waals surface area (Å²) in [6.45, 7) is 4.54. The summed E-state index contributed by atoms with van der Waals surface area (Å²) in [6.07, 6.45) is 2.06. The monoisotopic (exact) mass is 418 g/mol. The van der Waals surface area contributed by atoms with Crippen molar-refractivity contribution in [2.24, 2.45) is 7.05 Å². The number of fused-ring (bicyclic) bond motifs is 1. The summed E-state index contributed by atoms with van der Waals surface area (Å²) in [5, 5.41) is 14.8. The smallest absolute Gasteiger partial charge is 0.264 e. The molecule has 160 valence electrons. The Balaban J connectivity index is 1.39. The van der Waals surface area contributed by atoms with E-state index in [-0.39, 0.29) is 24.1 Å². The lowest BCUT2D eigenvalue weighted by Gasteiger charge is -2.26. The van der Waals surface area contributed by atoms with Crippen LogP contribution in [0.3, 0.4) is 0 Å². The lowest BCUT2D eigenvalue weighted by Crippen LogP contribution is -2.30. The van der Waals surface area contributed by atoms with Gasteiger partial charge in [-0.25, -0.2) is 4.98 Å². The highest BCUT2D eigenvalue weighted by atomic mass is 16.5. The Morgan fingerprint density at radius 2 is 1.74 bits per heavy atom. The molecular formula is C24H26N4O3. The van der Waals surface area contributed by atoms with E-state index >= 15 is 0 Å². The van der Waals surface area contributed by atoms with Gasteiger partial charge in [0.25, 0.3) is 5.56 Å². The van der Waals surface area contributed by atoms with Gasteiger partial charge in [0.2, 0.25) is 0 Å². The zero-order chi connectivity index (χ0) is 22.0. The second-order valence-corrected chi connectivity index (χ2v) is 8.19. The van der Waals surface area contributed by atoms with Crippen molar-refractivity contribution in [2.75, 3.05) is 6.61 Å². The fraction of sp³-hybridized carbons (Fsp3) is 0.292. The number of aliphatic hydroxyl groups is 1. The van der Waals surface area contributed by atoms with Crippen molar-refractivity contribution in [1.29, 1.82) is 0 Å². The first-order chi connectivity index (χ1) is 14.9. The van der Waals surface area contributed by atoms with Gasteiger partial charge in [0.05, 0.1) is 12.7 Å². The molecule has 4 aromatic rings. The van der Waals surface area contributed by atoms with Gasteiger partial charge in [-0.1, -0.05) is 56.3 Å². The van der Waals surface area contributed by atoms with Gasteiger partial charge >= 0.3 is 0 Å². The quantitative estimate of drug-likeness (QED) is 0.499. The molecule has 0 fully saturated rings. The third-order valence-electron chi connectivity index (χ3n) is 5.64. The van der Waals surface area contributed by atoms with Crippen LogP contribution in [0.4, 0.5) is 0 Å². The van der Waals surface area contributed by atoms with Crippen molar-refractivity contribution in [1.82, 2.24) is 19.3 Å². The Morgan fingerprint density at radius 1 is 1.06 bits per heavy atom. The number of hydrogen-bond acceptors (Lipinski definition) is 5. The molecule has 2 heterocycles. The molecule has 1 unspecified atom stereocenters. The summed E-state index contributed by atoms with van der Waals surface area (Å²) < 4.78 is 8.67. The predicted molar refractivity (Wildman–Crippen MR) is 119 cm³/mol. The summed E-state index contributed by atoms with van der Waals surface area (Å²) in [7, 11) is 1.73. The van der Waals surface area contributed by atoms with Crippen molar-refractivity contribution >= 4 is 11.0 Å². The topological polar surface area (TPSA) is 82.2 Å². The molecule has 0 radical (unpaired) electrons. The SMILES string of the molecule is Cn1ncc2c(=O)n(CC(O)COc3ccc(C(C)(C)c4ccccc4)cc3)cnc21. The van der Waals surface area contributed by atoms with Gasteiger partial charge in [0.1, 0.15) is 30.2 Å². The van der Waals surface area contributed by atoms with Gasteiger partial charge in [-0.15, -0.1) is 0 Å². The van der Waals surface area contributed by atoms with E-state index in [0.717, 1.165) is 0 Å². The van der Waals surface area contributed by atoms with Crippen molar-refractivity contribution in [3.8, 4) is 5.75 Å². The van der Waals surface area contributed by atoms with Crippen LogP contribution in [0.1, 0.15) is 25.0 Å². The van der Waals surface area contributed by atoms with Gasteiger partial charge in [0.15, 0.2) is 5.65 Å². The highest BCUT2D eigenvalue weighted by molar-refractivity contribution is 5.72. The van der Waals surface area contributed by atoms with E-state index < -0.39 is 6.10 Å². The molecule has 2 aromatic carbocycles. The first kappa shape index (κ1) is 20.8. The van der Waals surface area contributed by atoms with E-state index in [2.05, 4.69) is 36.1 Å². The molecule has 0 amide bonds. The zero-order valence-corrected chi connectivity index (χ0v) is 17.9. The summed E-state index contributed by atoms with van der Waals surface area (Å²) in [5.41, 5.74) is 2.58. The standard InChI is InChI=1S/C24H26N4O3/c1-24(2,17-7-5-4-6-8-17)18-9-11-20(12-10-18)31-15-19(29)14-28-16-25-22-21(23(28)30)13-26-27(22)3/h4-13,16,19,29H,14-15H2,1-3H3. The summed E-state index contributed by atoms with van der Waals surface area (Å²) >= 11 is 0. The Bertz CT molecular complexity index is 1230.